The van der Waals surface area contributed by atoms with E-state index < -0.39 is 0 Å². The number of nitrogens with one attached hydrogen (secondary N) is 1. The molecule has 0 saturated heterocycles. The summed E-state index contributed by atoms with van der Waals surface area (Å²) >= 11 is 5.86. The summed E-state index contributed by atoms with van der Waals surface area (Å²) in [5, 5.41) is 13.0. The Morgan fingerprint density at radius 1 is 1.41 bits per heavy atom. The van der Waals surface area contributed by atoms with Crippen LogP contribution in [0.3, 0.4) is 0 Å². The van der Waals surface area contributed by atoms with E-state index in [1.54, 1.807) is 6.92 Å². The number of aryl methyl sites for hydroxylation is 1. The summed E-state index contributed by atoms with van der Waals surface area (Å²) in [4.78, 5) is 0. The molecule has 0 unspecified atom stereocenters. The van der Waals surface area contributed by atoms with Crippen LogP contribution in [0.15, 0.2) is 18.2 Å². The normalized spacial score (nSPS) is 12.5. The molecule has 0 heterocycles. The SMILES string of the molecule is Cc1cc(Cl)ccc1OCCNCC[C@H](C)O. The van der Waals surface area contributed by atoms with Gasteiger partial charge in [0.1, 0.15) is 12.4 Å². The van der Waals surface area contributed by atoms with Crippen molar-refractivity contribution >= 4 is 11.6 Å². The summed E-state index contributed by atoms with van der Waals surface area (Å²) in [5.74, 6) is 0.867. The van der Waals surface area contributed by atoms with Gasteiger partial charge in [0.15, 0.2) is 0 Å². The molecule has 96 valence electrons. The Morgan fingerprint density at radius 3 is 2.82 bits per heavy atom. The molecule has 0 amide bonds. The average Bonchev–Trinajstić information content (AvgIpc) is 2.25. The van der Waals surface area contributed by atoms with Gasteiger partial charge in [-0.05, 0) is 50.6 Å². The van der Waals surface area contributed by atoms with E-state index in [1.807, 2.05) is 25.1 Å². The molecular formula is C13H20ClNO2. The molecule has 17 heavy (non-hydrogen) atoms. The van der Waals surface area contributed by atoms with Crippen molar-refractivity contribution in [3.8, 4) is 5.75 Å². The molecular weight excluding hydrogens is 238 g/mol. The molecule has 3 nitrogen and oxygen atoms in total. The first kappa shape index (κ1) is 14.3. The van der Waals surface area contributed by atoms with E-state index >= 15 is 0 Å². The molecule has 0 spiro atoms. The number of aliphatic hydroxyl groups excluding tert-OH is 1. The molecule has 1 rings (SSSR count). The molecule has 0 aliphatic carbocycles. The zero-order chi connectivity index (χ0) is 12.7. The molecule has 0 aromatic heterocycles. The summed E-state index contributed by atoms with van der Waals surface area (Å²) < 4.78 is 5.62. The van der Waals surface area contributed by atoms with Gasteiger partial charge in [0.25, 0.3) is 0 Å². The van der Waals surface area contributed by atoms with Crippen LogP contribution in [-0.4, -0.2) is 30.9 Å². The van der Waals surface area contributed by atoms with Crippen LogP contribution in [-0.2, 0) is 0 Å². The highest BCUT2D eigenvalue weighted by molar-refractivity contribution is 6.30. The zero-order valence-corrected chi connectivity index (χ0v) is 11.1. The number of ether oxygens (including phenoxy) is 1. The van der Waals surface area contributed by atoms with Crippen LogP contribution in [0.2, 0.25) is 5.02 Å². The van der Waals surface area contributed by atoms with Gasteiger partial charge in [-0.2, -0.15) is 0 Å². The molecule has 0 radical (unpaired) electrons. The molecule has 0 saturated carbocycles. The first-order valence-corrected chi connectivity index (χ1v) is 6.25. The molecule has 0 fully saturated rings. The quantitative estimate of drug-likeness (QED) is 0.737. The van der Waals surface area contributed by atoms with E-state index in [0.717, 1.165) is 35.8 Å². The van der Waals surface area contributed by atoms with Gasteiger partial charge in [-0.15, -0.1) is 0 Å². The van der Waals surface area contributed by atoms with E-state index in [4.69, 9.17) is 21.4 Å². The minimum atomic E-state index is -0.248. The highest BCUT2D eigenvalue weighted by Gasteiger charge is 2.00. The maximum absolute atomic E-state index is 9.07. The lowest BCUT2D eigenvalue weighted by Gasteiger charge is -2.10. The fourth-order valence-electron chi connectivity index (χ4n) is 1.44. The molecule has 0 aliphatic rings. The summed E-state index contributed by atoms with van der Waals surface area (Å²) in [7, 11) is 0. The van der Waals surface area contributed by atoms with E-state index in [2.05, 4.69) is 5.32 Å². The molecule has 4 heteroatoms. The van der Waals surface area contributed by atoms with Gasteiger partial charge in [0.05, 0.1) is 6.10 Å². The van der Waals surface area contributed by atoms with Crippen molar-refractivity contribution in [1.29, 1.82) is 0 Å². The zero-order valence-electron chi connectivity index (χ0n) is 10.4. The Balaban J connectivity index is 2.18. The maximum Gasteiger partial charge on any atom is 0.122 e. The molecule has 1 atom stereocenters. The van der Waals surface area contributed by atoms with E-state index in [1.165, 1.54) is 0 Å². The molecule has 2 N–H and O–H groups in total. The van der Waals surface area contributed by atoms with Crippen molar-refractivity contribution in [3.63, 3.8) is 0 Å². The number of aliphatic hydroxyl groups is 1. The Bertz CT molecular complexity index is 342. The van der Waals surface area contributed by atoms with Gasteiger partial charge in [0, 0.05) is 11.6 Å². The standard InChI is InChI=1S/C13H20ClNO2/c1-10-9-12(14)3-4-13(10)17-8-7-15-6-5-11(2)16/h3-4,9,11,15-16H,5-8H2,1-2H3/t11-/m0/s1. The molecule has 0 bridgehead atoms. The average molecular weight is 258 g/mol. The van der Waals surface area contributed by atoms with Crippen molar-refractivity contribution in [2.24, 2.45) is 0 Å². The fraction of sp³-hybridized carbons (Fsp3) is 0.538. The fourth-order valence-corrected chi connectivity index (χ4v) is 1.67. The first-order chi connectivity index (χ1) is 8.09. The van der Waals surface area contributed by atoms with Crippen molar-refractivity contribution in [1.82, 2.24) is 5.32 Å². The van der Waals surface area contributed by atoms with Crippen molar-refractivity contribution in [2.75, 3.05) is 19.7 Å². The smallest absolute Gasteiger partial charge is 0.122 e. The number of hydrogen-bond donors (Lipinski definition) is 2. The molecule has 0 aliphatic heterocycles. The lowest BCUT2D eigenvalue weighted by atomic mass is 10.2. The third-order valence-corrected chi connectivity index (χ3v) is 2.65. The Morgan fingerprint density at radius 2 is 2.18 bits per heavy atom. The van der Waals surface area contributed by atoms with Gasteiger partial charge in [-0.3, -0.25) is 0 Å². The second-order valence-corrected chi connectivity index (χ2v) is 4.58. The minimum absolute atomic E-state index is 0.248. The topological polar surface area (TPSA) is 41.5 Å². The number of benzene rings is 1. The van der Waals surface area contributed by atoms with Gasteiger partial charge in [-0.1, -0.05) is 11.6 Å². The van der Waals surface area contributed by atoms with E-state index in [9.17, 15) is 0 Å². The largest absolute Gasteiger partial charge is 0.492 e. The number of halogens is 1. The van der Waals surface area contributed by atoms with Crippen LogP contribution in [0.4, 0.5) is 0 Å². The van der Waals surface area contributed by atoms with Crippen LogP contribution in [0.1, 0.15) is 18.9 Å². The Hall–Kier alpha value is -0.770. The monoisotopic (exact) mass is 257 g/mol. The van der Waals surface area contributed by atoms with Gasteiger partial charge in [-0.25, -0.2) is 0 Å². The summed E-state index contributed by atoms with van der Waals surface area (Å²) in [6.07, 6.45) is 0.516. The highest BCUT2D eigenvalue weighted by atomic mass is 35.5. The Labute approximate surface area is 108 Å². The predicted molar refractivity (Wildman–Crippen MR) is 70.9 cm³/mol. The summed E-state index contributed by atoms with van der Waals surface area (Å²) in [6, 6.07) is 5.59. The van der Waals surface area contributed by atoms with Crippen LogP contribution in [0.25, 0.3) is 0 Å². The van der Waals surface area contributed by atoms with Crippen molar-refractivity contribution < 1.29 is 9.84 Å². The van der Waals surface area contributed by atoms with Gasteiger partial charge in [0.2, 0.25) is 0 Å². The van der Waals surface area contributed by atoms with Gasteiger partial charge < -0.3 is 15.2 Å². The number of hydrogen-bond acceptors (Lipinski definition) is 3. The van der Waals surface area contributed by atoms with E-state index in [-0.39, 0.29) is 6.10 Å². The van der Waals surface area contributed by atoms with E-state index in [0.29, 0.717) is 6.61 Å². The van der Waals surface area contributed by atoms with Gasteiger partial charge >= 0.3 is 0 Å². The summed E-state index contributed by atoms with van der Waals surface area (Å²) in [5.41, 5.74) is 1.04. The molecule has 1 aromatic carbocycles. The lowest BCUT2D eigenvalue weighted by Crippen LogP contribution is -2.24. The second-order valence-electron chi connectivity index (χ2n) is 4.15. The summed E-state index contributed by atoms with van der Waals surface area (Å²) in [6.45, 7) is 5.95. The maximum atomic E-state index is 9.07. The van der Waals surface area contributed by atoms with Crippen molar-refractivity contribution in [3.05, 3.63) is 28.8 Å². The first-order valence-electron chi connectivity index (χ1n) is 5.87. The van der Waals surface area contributed by atoms with Crippen LogP contribution >= 0.6 is 11.6 Å². The number of rotatable bonds is 7. The lowest BCUT2D eigenvalue weighted by molar-refractivity contribution is 0.182. The van der Waals surface area contributed by atoms with Crippen LogP contribution in [0.5, 0.6) is 5.75 Å². The predicted octanol–water partition coefficient (Wildman–Crippen LogP) is 2.39. The third-order valence-electron chi connectivity index (χ3n) is 2.41. The second kappa shape index (κ2) is 7.54. The van der Waals surface area contributed by atoms with Crippen molar-refractivity contribution in [2.45, 2.75) is 26.4 Å². The van der Waals surface area contributed by atoms with Crippen LogP contribution < -0.4 is 10.1 Å². The highest BCUT2D eigenvalue weighted by Crippen LogP contribution is 2.21. The Kier molecular flexibility index (Phi) is 6.34. The molecule has 1 aromatic rings. The minimum Gasteiger partial charge on any atom is -0.492 e. The van der Waals surface area contributed by atoms with Crippen LogP contribution in [0, 0.1) is 6.92 Å². The third kappa shape index (κ3) is 5.91.